The molecule has 0 fully saturated rings. The van der Waals surface area contributed by atoms with E-state index >= 15 is 0 Å². The number of carbonyl (C=O) groups is 3. The second kappa shape index (κ2) is 11.3. The summed E-state index contributed by atoms with van der Waals surface area (Å²) in [5.41, 5.74) is 5.53. The SMILES string of the molecule is CCOc1cc(/C=N\NC(=O)C(=O)NC)ccc1OCC(=O)Nc1ccc(C)cc1C. The van der Waals surface area contributed by atoms with Crippen LogP contribution in [0.25, 0.3) is 0 Å². The van der Waals surface area contributed by atoms with Crippen LogP contribution in [0.3, 0.4) is 0 Å². The molecule has 0 aliphatic heterocycles. The van der Waals surface area contributed by atoms with Gasteiger partial charge in [-0.25, -0.2) is 5.43 Å². The molecule has 0 saturated heterocycles. The van der Waals surface area contributed by atoms with Crippen molar-refractivity contribution in [3.63, 3.8) is 0 Å². The maximum atomic E-state index is 12.3. The van der Waals surface area contributed by atoms with Gasteiger partial charge in [0.05, 0.1) is 12.8 Å². The van der Waals surface area contributed by atoms with E-state index in [1.807, 2.05) is 39.0 Å². The summed E-state index contributed by atoms with van der Waals surface area (Å²) < 4.78 is 11.2. The van der Waals surface area contributed by atoms with Crippen LogP contribution in [0.1, 0.15) is 23.6 Å². The Labute approximate surface area is 180 Å². The molecule has 2 rings (SSSR count). The Balaban J connectivity index is 2.01. The Bertz CT molecular complexity index is 988. The number of carbonyl (C=O) groups excluding carboxylic acids is 3. The first-order valence-electron chi connectivity index (χ1n) is 9.66. The van der Waals surface area contributed by atoms with Crippen molar-refractivity contribution >= 4 is 29.6 Å². The summed E-state index contributed by atoms with van der Waals surface area (Å²) in [4.78, 5) is 34.8. The van der Waals surface area contributed by atoms with E-state index in [0.29, 0.717) is 23.7 Å². The van der Waals surface area contributed by atoms with E-state index in [1.54, 1.807) is 18.2 Å². The zero-order valence-corrected chi connectivity index (χ0v) is 17.9. The van der Waals surface area contributed by atoms with Crippen LogP contribution in [-0.2, 0) is 14.4 Å². The number of anilines is 1. The molecule has 9 heteroatoms. The van der Waals surface area contributed by atoms with Crippen LogP contribution in [0, 0.1) is 13.8 Å². The topological polar surface area (TPSA) is 118 Å². The van der Waals surface area contributed by atoms with E-state index in [9.17, 15) is 14.4 Å². The molecule has 0 atom stereocenters. The van der Waals surface area contributed by atoms with Gasteiger partial charge in [-0.15, -0.1) is 0 Å². The number of hydrogen-bond acceptors (Lipinski definition) is 6. The van der Waals surface area contributed by atoms with E-state index in [-0.39, 0.29) is 12.5 Å². The lowest BCUT2D eigenvalue weighted by molar-refractivity contribution is -0.138. The van der Waals surface area contributed by atoms with E-state index in [4.69, 9.17) is 9.47 Å². The van der Waals surface area contributed by atoms with Crippen LogP contribution in [-0.4, -0.2) is 44.2 Å². The highest BCUT2D eigenvalue weighted by Crippen LogP contribution is 2.28. The molecule has 0 unspecified atom stereocenters. The van der Waals surface area contributed by atoms with Gasteiger partial charge in [0.2, 0.25) is 0 Å². The maximum Gasteiger partial charge on any atom is 0.329 e. The van der Waals surface area contributed by atoms with Gasteiger partial charge in [-0.3, -0.25) is 14.4 Å². The molecule has 31 heavy (non-hydrogen) atoms. The van der Waals surface area contributed by atoms with Gasteiger partial charge in [-0.05, 0) is 56.2 Å². The zero-order chi connectivity index (χ0) is 22.8. The Hall–Kier alpha value is -3.88. The third kappa shape index (κ3) is 7.14. The van der Waals surface area contributed by atoms with Crippen LogP contribution >= 0.6 is 0 Å². The fraction of sp³-hybridized carbons (Fsp3) is 0.273. The normalized spacial score (nSPS) is 10.5. The number of amides is 3. The minimum Gasteiger partial charge on any atom is -0.490 e. The number of benzene rings is 2. The van der Waals surface area contributed by atoms with Crippen molar-refractivity contribution in [2.24, 2.45) is 5.10 Å². The monoisotopic (exact) mass is 426 g/mol. The van der Waals surface area contributed by atoms with Crippen molar-refractivity contribution in [1.82, 2.24) is 10.7 Å². The van der Waals surface area contributed by atoms with Gasteiger partial charge in [0.1, 0.15) is 0 Å². The lowest BCUT2D eigenvalue weighted by atomic mass is 10.1. The summed E-state index contributed by atoms with van der Waals surface area (Å²) in [5, 5.41) is 8.75. The third-order valence-electron chi connectivity index (χ3n) is 4.10. The predicted octanol–water partition coefficient (Wildman–Crippen LogP) is 1.92. The smallest absolute Gasteiger partial charge is 0.329 e. The Morgan fingerprint density at radius 1 is 1.00 bits per heavy atom. The number of likely N-dealkylation sites (N-methyl/N-ethyl adjacent to an activating group) is 1. The van der Waals surface area contributed by atoms with E-state index in [1.165, 1.54) is 13.3 Å². The van der Waals surface area contributed by atoms with Gasteiger partial charge < -0.3 is 20.1 Å². The first kappa shape index (κ1) is 23.4. The van der Waals surface area contributed by atoms with Crippen molar-refractivity contribution in [3.05, 3.63) is 53.1 Å². The van der Waals surface area contributed by atoms with Gasteiger partial charge in [0.15, 0.2) is 18.1 Å². The summed E-state index contributed by atoms with van der Waals surface area (Å²) in [6.45, 7) is 5.93. The molecule has 164 valence electrons. The van der Waals surface area contributed by atoms with Crippen LogP contribution in [0.4, 0.5) is 5.69 Å². The van der Waals surface area contributed by atoms with E-state index < -0.39 is 11.8 Å². The highest BCUT2D eigenvalue weighted by atomic mass is 16.5. The summed E-state index contributed by atoms with van der Waals surface area (Å²) in [5.74, 6) is -1.15. The molecular weight excluding hydrogens is 400 g/mol. The Kier molecular flexibility index (Phi) is 8.56. The number of hydrazone groups is 1. The number of rotatable bonds is 8. The molecule has 3 amide bonds. The van der Waals surface area contributed by atoms with Crippen molar-refractivity contribution < 1.29 is 23.9 Å². The molecule has 0 aliphatic rings. The number of aryl methyl sites for hydroxylation is 2. The Morgan fingerprint density at radius 3 is 2.45 bits per heavy atom. The first-order chi connectivity index (χ1) is 14.8. The van der Waals surface area contributed by atoms with E-state index in [2.05, 4.69) is 21.2 Å². The Morgan fingerprint density at radius 2 is 1.77 bits per heavy atom. The molecule has 0 bridgehead atoms. The molecule has 9 nitrogen and oxygen atoms in total. The highest BCUT2D eigenvalue weighted by Gasteiger charge is 2.11. The van der Waals surface area contributed by atoms with Gasteiger partial charge in [-0.2, -0.15) is 5.10 Å². The van der Waals surface area contributed by atoms with E-state index in [0.717, 1.165) is 16.8 Å². The van der Waals surface area contributed by atoms with Crippen LogP contribution < -0.4 is 25.5 Å². The minimum absolute atomic E-state index is 0.191. The molecule has 0 saturated carbocycles. The molecule has 0 radical (unpaired) electrons. The van der Waals surface area contributed by atoms with Crippen LogP contribution in [0.15, 0.2) is 41.5 Å². The molecule has 0 aliphatic carbocycles. The summed E-state index contributed by atoms with van der Waals surface area (Å²) >= 11 is 0. The van der Waals surface area contributed by atoms with Gasteiger partial charge in [0.25, 0.3) is 5.91 Å². The molecule has 3 N–H and O–H groups in total. The summed E-state index contributed by atoms with van der Waals surface area (Å²) in [6.07, 6.45) is 1.36. The van der Waals surface area contributed by atoms with Crippen molar-refractivity contribution in [2.75, 3.05) is 25.6 Å². The highest BCUT2D eigenvalue weighted by molar-refractivity contribution is 6.35. The number of nitrogens with one attached hydrogen (secondary N) is 3. The number of hydrogen-bond donors (Lipinski definition) is 3. The molecule has 2 aromatic rings. The van der Waals surface area contributed by atoms with Crippen molar-refractivity contribution in [1.29, 1.82) is 0 Å². The quantitative estimate of drug-likeness (QED) is 0.339. The predicted molar refractivity (Wildman–Crippen MR) is 117 cm³/mol. The average molecular weight is 426 g/mol. The second-order valence-corrected chi connectivity index (χ2v) is 6.57. The lowest BCUT2D eigenvalue weighted by Crippen LogP contribution is -2.35. The maximum absolute atomic E-state index is 12.3. The van der Waals surface area contributed by atoms with Gasteiger partial charge in [0, 0.05) is 12.7 Å². The average Bonchev–Trinajstić information content (AvgIpc) is 2.74. The van der Waals surface area contributed by atoms with Crippen molar-refractivity contribution in [3.8, 4) is 11.5 Å². The fourth-order valence-electron chi connectivity index (χ4n) is 2.61. The van der Waals surface area contributed by atoms with Gasteiger partial charge in [-0.1, -0.05) is 17.7 Å². The second-order valence-electron chi connectivity index (χ2n) is 6.57. The molecular formula is C22H26N4O5. The largest absolute Gasteiger partial charge is 0.490 e. The lowest BCUT2D eigenvalue weighted by Gasteiger charge is -2.13. The molecule has 0 heterocycles. The molecule has 0 spiro atoms. The molecule has 2 aromatic carbocycles. The van der Waals surface area contributed by atoms with Gasteiger partial charge >= 0.3 is 11.8 Å². The number of ether oxygens (including phenoxy) is 2. The zero-order valence-electron chi connectivity index (χ0n) is 17.9. The number of nitrogens with zero attached hydrogens (tertiary/aromatic N) is 1. The van der Waals surface area contributed by atoms with Crippen LogP contribution in [0.2, 0.25) is 0 Å². The first-order valence-corrected chi connectivity index (χ1v) is 9.66. The minimum atomic E-state index is -0.876. The standard InChI is InChI=1S/C22H26N4O5/c1-5-30-19-11-16(12-24-26-22(29)21(28)23-4)7-9-18(19)31-13-20(27)25-17-8-6-14(2)10-15(17)3/h6-12H,5,13H2,1-4H3,(H,23,28)(H,25,27)(H,26,29)/b24-12-. The van der Waals surface area contributed by atoms with Crippen LogP contribution in [0.5, 0.6) is 11.5 Å². The summed E-state index contributed by atoms with van der Waals surface area (Å²) in [6, 6.07) is 10.7. The summed E-state index contributed by atoms with van der Waals surface area (Å²) in [7, 11) is 1.35. The third-order valence-corrected chi connectivity index (χ3v) is 4.10. The molecule has 0 aromatic heterocycles. The fourth-order valence-corrected chi connectivity index (χ4v) is 2.61. The van der Waals surface area contributed by atoms with Crippen molar-refractivity contribution in [2.45, 2.75) is 20.8 Å².